The molecule has 0 radical (unpaired) electrons. The van der Waals surface area contributed by atoms with Gasteiger partial charge in [-0.25, -0.2) is 0 Å². The van der Waals surface area contributed by atoms with Crippen LogP contribution in [-0.2, 0) is 13.1 Å². The second-order valence-corrected chi connectivity index (χ2v) is 6.17. The average Bonchev–Trinajstić information content (AvgIpc) is 3.12. The average molecular weight is 494 g/mol. The van der Waals surface area contributed by atoms with Crippen molar-refractivity contribution in [2.24, 2.45) is 4.99 Å². The van der Waals surface area contributed by atoms with Crippen LogP contribution in [0, 0.1) is 0 Å². The van der Waals surface area contributed by atoms with Crippen molar-refractivity contribution in [2.45, 2.75) is 32.9 Å². The van der Waals surface area contributed by atoms with Gasteiger partial charge in [-0.05, 0) is 36.2 Å². The summed E-state index contributed by atoms with van der Waals surface area (Å²) in [6, 6.07) is 14.0. The van der Waals surface area contributed by atoms with Crippen LogP contribution in [0.3, 0.4) is 0 Å². The SMILES string of the molecule is CCCCOc1cccc(CNC(=NC)NCc2nnc3ccccn23)c1.I. The van der Waals surface area contributed by atoms with Crippen molar-refractivity contribution < 1.29 is 4.74 Å². The Labute approximate surface area is 182 Å². The number of hydrogen-bond donors (Lipinski definition) is 2. The van der Waals surface area contributed by atoms with Crippen LogP contribution in [0.5, 0.6) is 5.75 Å². The largest absolute Gasteiger partial charge is 0.494 e. The summed E-state index contributed by atoms with van der Waals surface area (Å²) in [6.07, 6.45) is 4.15. The summed E-state index contributed by atoms with van der Waals surface area (Å²) in [7, 11) is 1.75. The zero-order valence-corrected chi connectivity index (χ0v) is 18.6. The molecule has 3 rings (SSSR count). The van der Waals surface area contributed by atoms with E-state index in [9.17, 15) is 0 Å². The van der Waals surface area contributed by atoms with Gasteiger partial charge < -0.3 is 15.4 Å². The first-order valence-electron chi connectivity index (χ1n) is 9.25. The second kappa shape index (κ2) is 11.5. The molecule has 0 saturated heterocycles. The Balaban J connectivity index is 0.00000280. The van der Waals surface area contributed by atoms with Gasteiger partial charge in [-0.1, -0.05) is 31.5 Å². The fraction of sp³-hybridized carbons (Fsp3) is 0.350. The van der Waals surface area contributed by atoms with Crippen LogP contribution in [0.1, 0.15) is 31.2 Å². The van der Waals surface area contributed by atoms with Crippen molar-refractivity contribution in [1.82, 2.24) is 25.2 Å². The van der Waals surface area contributed by atoms with E-state index in [4.69, 9.17) is 4.74 Å². The number of benzene rings is 1. The van der Waals surface area contributed by atoms with Crippen molar-refractivity contribution in [3.8, 4) is 5.75 Å². The topological polar surface area (TPSA) is 75.8 Å². The van der Waals surface area contributed by atoms with Gasteiger partial charge in [-0.15, -0.1) is 34.2 Å². The van der Waals surface area contributed by atoms with Crippen molar-refractivity contribution in [2.75, 3.05) is 13.7 Å². The molecule has 28 heavy (non-hydrogen) atoms. The number of nitrogens with one attached hydrogen (secondary N) is 2. The minimum absolute atomic E-state index is 0. The van der Waals surface area contributed by atoms with E-state index in [1.54, 1.807) is 7.05 Å². The normalized spacial score (nSPS) is 11.1. The lowest BCUT2D eigenvalue weighted by atomic mass is 10.2. The molecule has 150 valence electrons. The summed E-state index contributed by atoms with van der Waals surface area (Å²) >= 11 is 0. The summed E-state index contributed by atoms with van der Waals surface area (Å²) in [6.45, 7) is 4.10. The first kappa shape index (κ1) is 21.9. The lowest BCUT2D eigenvalue weighted by molar-refractivity contribution is 0.309. The summed E-state index contributed by atoms with van der Waals surface area (Å²) in [4.78, 5) is 4.27. The molecular formula is C20H27IN6O. The Hall–Kier alpha value is -2.36. The standard InChI is InChI=1S/C20H26N6O.HI/c1-3-4-12-27-17-9-7-8-16(13-17)14-22-20(21-2)23-15-19-25-24-18-10-5-6-11-26(18)19;/h5-11,13H,3-4,12,14-15H2,1-2H3,(H2,21,22,23);1H. The summed E-state index contributed by atoms with van der Waals surface area (Å²) < 4.78 is 7.72. The third-order valence-corrected chi connectivity index (χ3v) is 4.15. The number of ether oxygens (including phenoxy) is 1. The number of hydrogen-bond acceptors (Lipinski definition) is 4. The highest BCUT2D eigenvalue weighted by atomic mass is 127. The molecule has 0 bridgehead atoms. The summed E-state index contributed by atoms with van der Waals surface area (Å²) in [5.74, 6) is 2.44. The van der Waals surface area contributed by atoms with E-state index in [0.29, 0.717) is 19.0 Å². The maximum Gasteiger partial charge on any atom is 0.191 e. The molecule has 8 heteroatoms. The van der Waals surface area contributed by atoms with Gasteiger partial charge >= 0.3 is 0 Å². The zero-order chi connectivity index (χ0) is 18.9. The number of pyridine rings is 1. The molecule has 0 aliphatic rings. The van der Waals surface area contributed by atoms with Crippen molar-refractivity contribution >= 4 is 35.6 Å². The maximum absolute atomic E-state index is 5.77. The van der Waals surface area contributed by atoms with E-state index in [2.05, 4.69) is 44.9 Å². The minimum Gasteiger partial charge on any atom is -0.494 e. The Morgan fingerprint density at radius 1 is 1.11 bits per heavy atom. The van der Waals surface area contributed by atoms with Crippen LogP contribution in [0.2, 0.25) is 0 Å². The third-order valence-electron chi connectivity index (χ3n) is 4.15. The lowest BCUT2D eigenvalue weighted by Gasteiger charge is -2.12. The molecule has 0 aliphatic carbocycles. The number of halogens is 1. The van der Waals surface area contributed by atoms with Gasteiger partial charge in [0.15, 0.2) is 17.4 Å². The minimum atomic E-state index is 0. The molecule has 0 amide bonds. The molecule has 3 aromatic rings. The molecule has 2 heterocycles. The number of aromatic nitrogens is 3. The van der Waals surface area contributed by atoms with Gasteiger partial charge in [0.2, 0.25) is 0 Å². The first-order chi connectivity index (χ1) is 13.3. The fourth-order valence-electron chi connectivity index (χ4n) is 2.66. The van der Waals surface area contributed by atoms with Crippen LogP contribution >= 0.6 is 24.0 Å². The first-order valence-corrected chi connectivity index (χ1v) is 9.25. The smallest absolute Gasteiger partial charge is 0.191 e. The number of guanidine groups is 1. The predicted molar refractivity (Wildman–Crippen MR) is 122 cm³/mol. The molecule has 0 aliphatic heterocycles. The van der Waals surface area contributed by atoms with Gasteiger partial charge in [0.1, 0.15) is 5.75 Å². The fourth-order valence-corrected chi connectivity index (χ4v) is 2.66. The van der Waals surface area contributed by atoms with Crippen LogP contribution in [-0.4, -0.2) is 34.2 Å². The van der Waals surface area contributed by atoms with E-state index in [1.165, 1.54) is 0 Å². The Kier molecular flexibility index (Phi) is 8.99. The molecule has 0 atom stereocenters. The predicted octanol–water partition coefficient (Wildman–Crippen LogP) is 3.39. The molecule has 0 saturated carbocycles. The highest BCUT2D eigenvalue weighted by Crippen LogP contribution is 2.13. The van der Waals surface area contributed by atoms with Crippen molar-refractivity contribution in [1.29, 1.82) is 0 Å². The lowest BCUT2D eigenvalue weighted by Crippen LogP contribution is -2.36. The Morgan fingerprint density at radius 3 is 2.79 bits per heavy atom. The van der Waals surface area contributed by atoms with Crippen LogP contribution < -0.4 is 15.4 Å². The van der Waals surface area contributed by atoms with E-state index in [-0.39, 0.29) is 24.0 Å². The number of nitrogens with zero attached hydrogens (tertiary/aromatic N) is 4. The molecule has 0 unspecified atom stereocenters. The van der Waals surface area contributed by atoms with Gasteiger partial charge in [0, 0.05) is 19.8 Å². The summed E-state index contributed by atoms with van der Waals surface area (Å²) in [5, 5.41) is 15.0. The molecule has 0 spiro atoms. The van der Waals surface area contributed by atoms with Crippen LogP contribution in [0.4, 0.5) is 0 Å². The number of unbranched alkanes of at least 4 members (excludes halogenated alkanes) is 1. The van der Waals surface area contributed by atoms with Gasteiger partial charge in [-0.2, -0.15) is 0 Å². The Bertz CT molecular complexity index is 895. The van der Waals surface area contributed by atoms with Gasteiger partial charge in [0.25, 0.3) is 0 Å². The quantitative estimate of drug-likeness (QED) is 0.217. The molecule has 1 aromatic carbocycles. The van der Waals surface area contributed by atoms with Gasteiger partial charge in [-0.3, -0.25) is 9.39 Å². The third kappa shape index (κ3) is 6.08. The Morgan fingerprint density at radius 2 is 1.96 bits per heavy atom. The molecule has 0 fully saturated rings. The molecular weight excluding hydrogens is 467 g/mol. The van der Waals surface area contributed by atoms with Gasteiger partial charge in [0.05, 0.1) is 13.2 Å². The van der Waals surface area contributed by atoms with Crippen LogP contribution in [0.15, 0.2) is 53.7 Å². The van der Waals surface area contributed by atoms with E-state index < -0.39 is 0 Å². The monoisotopic (exact) mass is 494 g/mol. The highest BCUT2D eigenvalue weighted by molar-refractivity contribution is 14.0. The summed E-state index contributed by atoms with van der Waals surface area (Å²) in [5.41, 5.74) is 1.97. The zero-order valence-electron chi connectivity index (χ0n) is 16.3. The number of aliphatic imine (C=N–C) groups is 1. The van der Waals surface area contributed by atoms with Crippen molar-refractivity contribution in [3.05, 3.63) is 60.0 Å². The van der Waals surface area contributed by atoms with E-state index in [1.807, 2.05) is 40.9 Å². The molecule has 2 N–H and O–H groups in total. The number of fused-ring (bicyclic) bond motifs is 1. The maximum atomic E-state index is 5.77. The second-order valence-electron chi connectivity index (χ2n) is 6.17. The van der Waals surface area contributed by atoms with E-state index in [0.717, 1.165) is 42.2 Å². The molecule has 2 aromatic heterocycles. The molecule has 7 nitrogen and oxygen atoms in total. The highest BCUT2D eigenvalue weighted by Gasteiger charge is 2.06. The van der Waals surface area contributed by atoms with E-state index >= 15 is 0 Å². The van der Waals surface area contributed by atoms with Crippen LogP contribution in [0.25, 0.3) is 5.65 Å². The van der Waals surface area contributed by atoms with Crippen molar-refractivity contribution in [3.63, 3.8) is 0 Å². The number of rotatable bonds is 8.